The zero-order chi connectivity index (χ0) is 17.7. The lowest BCUT2D eigenvalue weighted by atomic mass is 9.99. The van der Waals surface area contributed by atoms with E-state index in [1.54, 1.807) is 25.1 Å². The van der Waals surface area contributed by atoms with Crippen LogP contribution < -0.4 is 10.5 Å². The number of piperazine rings is 1. The summed E-state index contributed by atoms with van der Waals surface area (Å²) < 4.78 is 5.42. The van der Waals surface area contributed by atoms with E-state index in [2.05, 4.69) is 4.90 Å². The van der Waals surface area contributed by atoms with Crippen LogP contribution in [0, 0.1) is 0 Å². The summed E-state index contributed by atoms with van der Waals surface area (Å²) in [5.74, 6) is 0.772. The minimum atomic E-state index is -0.184. The van der Waals surface area contributed by atoms with Crippen molar-refractivity contribution in [3.8, 4) is 5.75 Å². The van der Waals surface area contributed by atoms with Gasteiger partial charge in [-0.3, -0.25) is 14.5 Å². The van der Waals surface area contributed by atoms with Gasteiger partial charge in [0, 0.05) is 38.7 Å². The number of carbonyl (C=O) groups is 2. The van der Waals surface area contributed by atoms with Crippen LogP contribution in [0.3, 0.4) is 0 Å². The summed E-state index contributed by atoms with van der Waals surface area (Å²) in [6.07, 6.45) is 0.728. The van der Waals surface area contributed by atoms with E-state index in [0.29, 0.717) is 36.7 Å². The Morgan fingerprint density at radius 3 is 2.38 bits per heavy atom. The molecule has 132 valence electrons. The maximum Gasteiger partial charge on any atom is 0.219 e. The summed E-state index contributed by atoms with van der Waals surface area (Å²) in [7, 11) is 0. The molecule has 1 saturated heterocycles. The number of nitrogen functional groups attached to an aromatic ring is 1. The van der Waals surface area contributed by atoms with Gasteiger partial charge < -0.3 is 15.4 Å². The van der Waals surface area contributed by atoms with Crippen LogP contribution in [-0.4, -0.2) is 60.3 Å². The first-order valence-electron chi connectivity index (χ1n) is 8.54. The molecule has 1 fully saturated rings. The smallest absolute Gasteiger partial charge is 0.219 e. The lowest BCUT2D eigenvalue weighted by Crippen LogP contribution is -2.53. The second-order valence-corrected chi connectivity index (χ2v) is 6.02. The highest BCUT2D eigenvalue weighted by atomic mass is 16.5. The lowest BCUT2D eigenvalue weighted by Gasteiger charge is -2.38. The molecule has 0 saturated carbocycles. The molecule has 6 heteroatoms. The van der Waals surface area contributed by atoms with E-state index in [0.717, 1.165) is 19.5 Å². The summed E-state index contributed by atoms with van der Waals surface area (Å²) in [5, 5.41) is 0. The Morgan fingerprint density at radius 1 is 1.21 bits per heavy atom. The molecule has 1 heterocycles. The fourth-order valence-corrected chi connectivity index (χ4v) is 3.14. The molecule has 0 aliphatic carbocycles. The first-order chi connectivity index (χ1) is 11.5. The minimum absolute atomic E-state index is 0.0727. The number of rotatable bonds is 6. The fourth-order valence-electron chi connectivity index (χ4n) is 3.14. The van der Waals surface area contributed by atoms with E-state index in [1.807, 2.05) is 18.7 Å². The number of Topliss-reactive ketones (excluding diaryl/α,β-unsaturated/α-hetero) is 1. The lowest BCUT2D eigenvalue weighted by molar-refractivity contribution is -0.130. The SMILES string of the molecule is CCOc1ccc(C(=O)C(CC)N2CCN(C(C)=O)CC2)cc1N. The van der Waals surface area contributed by atoms with Crippen molar-refractivity contribution in [2.45, 2.75) is 33.2 Å². The van der Waals surface area contributed by atoms with Crippen molar-refractivity contribution < 1.29 is 14.3 Å². The van der Waals surface area contributed by atoms with E-state index in [9.17, 15) is 9.59 Å². The molecule has 1 atom stereocenters. The Bertz CT molecular complexity index is 595. The van der Waals surface area contributed by atoms with Crippen LogP contribution in [0.25, 0.3) is 0 Å². The van der Waals surface area contributed by atoms with Gasteiger partial charge in [-0.1, -0.05) is 6.92 Å². The standard InChI is InChI=1S/C18H27N3O3/c1-4-16(21-10-8-20(9-11-21)13(3)22)18(23)14-6-7-17(24-5-2)15(19)12-14/h6-7,12,16H,4-5,8-11,19H2,1-3H3. The van der Waals surface area contributed by atoms with Crippen LogP contribution in [-0.2, 0) is 4.79 Å². The van der Waals surface area contributed by atoms with Crippen LogP contribution in [0.5, 0.6) is 5.75 Å². The van der Waals surface area contributed by atoms with E-state index in [4.69, 9.17) is 10.5 Å². The Balaban J connectivity index is 2.09. The molecule has 1 aliphatic rings. The first kappa shape index (κ1) is 18.3. The van der Waals surface area contributed by atoms with Gasteiger partial charge in [-0.25, -0.2) is 0 Å². The molecule has 1 amide bonds. The summed E-state index contributed by atoms with van der Waals surface area (Å²) in [6.45, 7) is 8.81. The molecular weight excluding hydrogens is 306 g/mol. The van der Waals surface area contributed by atoms with Crippen LogP contribution in [0.4, 0.5) is 5.69 Å². The van der Waals surface area contributed by atoms with Gasteiger partial charge >= 0.3 is 0 Å². The van der Waals surface area contributed by atoms with Gasteiger partial charge in [0.2, 0.25) is 5.91 Å². The van der Waals surface area contributed by atoms with Gasteiger partial charge in [0.05, 0.1) is 18.3 Å². The predicted molar refractivity (Wildman–Crippen MR) is 94.3 cm³/mol. The van der Waals surface area contributed by atoms with Crippen molar-refractivity contribution in [3.05, 3.63) is 23.8 Å². The van der Waals surface area contributed by atoms with E-state index in [1.165, 1.54) is 0 Å². The first-order valence-corrected chi connectivity index (χ1v) is 8.54. The fraction of sp³-hybridized carbons (Fsp3) is 0.556. The molecule has 6 nitrogen and oxygen atoms in total. The number of nitrogens with zero attached hydrogens (tertiary/aromatic N) is 2. The van der Waals surface area contributed by atoms with E-state index < -0.39 is 0 Å². The predicted octanol–water partition coefficient (Wildman–Crippen LogP) is 1.79. The summed E-state index contributed by atoms with van der Waals surface area (Å²) >= 11 is 0. The maximum atomic E-state index is 12.9. The molecular formula is C18H27N3O3. The second kappa shape index (κ2) is 8.15. The van der Waals surface area contributed by atoms with Gasteiger partial charge in [0.1, 0.15) is 5.75 Å². The third-order valence-electron chi connectivity index (χ3n) is 4.48. The van der Waals surface area contributed by atoms with Crippen molar-refractivity contribution >= 4 is 17.4 Å². The van der Waals surface area contributed by atoms with Gasteiger partial charge in [0.15, 0.2) is 5.78 Å². The zero-order valence-electron chi connectivity index (χ0n) is 14.7. The third kappa shape index (κ3) is 4.06. The number of benzene rings is 1. The number of carbonyl (C=O) groups excluding carboxylic acids is 2. The molecule has 2 N–H and O–H groups in total. The largest absolute Gasteiger partial charge is 0.492 e. The highest BCUT2D eigenvalue weighted by molar-refractivity contribution is 6.01. The quantitative estimate of drug-likeness (QED) is 0.634. The summed E-state index contributed by atoms with van der Waals surface area (Å²) in [4.78, 5) is 28.3. The molecule has 0 radical (unpaired) electrons. The van der Waals surface area contributed by atoms with Crippen LogP contribution in [0.1, 0.15) is 37.6 Å². The molecule has 1 aromatic carbocycles. The Hall–Kier alpha value is -2.08. The van der Waals surface area contributed by atoms with Gasteiger partial charge in [0.25, 0.3) is 0 Å². The number of ketones is 1. The second-order valence-electron chi connectivity index (χ2n) is 6.02. The Morgan fingerprint density at radius 2 is 1.88 bits per heavy atom. The van der Waals surface area contributed by atoms with E-state index >= 15 is 0 Å². The molecule has 1 unspecified atom stereocenters. The topological polar surface area (TPSA) is 75.9 Å². The summed E-state index contributed by atoms with van der Waals surface area (Å²) in [5.41, 5.74) is 7.08. The molecule has 1 aromatic rings. The normalized spacial score (nSPS) is 16.7. The Kier molecular flexibility index (Phi) is 6.20. The Labute approximate surface area is 143 Å². The summed E-state index contributed by atoms with van der Waals surface area (Å²) in [6, 6.07) is 5.04. The van der Waals surface area contributed by atoms with Crippen molar-refractivity contribution in [1.29, 1.82) is 0 Å². The number of amides is 1. The number of hydrogen-bond acceptors (Lipinski definition) is 5. The van der Waals surface area contributed by atoms with Crippen molar-refractivity contribution in [1.82, 2.24) is 9.80 Å². The number of nitrogens with two attached hydrogens (primary N) is 1. The highest BCUT2D eigenvalue weighted by Crippen LogP contribution is 2.24. The molecule has 0 aromatic heterocycles. The van der Waals surface area contributed by atoms with Crippen LogP contribution >= 0.6 is 0 Å². The third-order valence-corrected chi connectivity index (χ3v) is 4.48. The molecule has 2 rings (SSSR count). The molecule has 1 aliphatic heterocycles. The average molecular weight is 333 g/mol. The van der Waals surface area contributed by atoms with Crippen molar-refractivity contribution in [3.63, 3.8) is 0 Å². The monoisotopic (exact) mass is 333 g/mol. The number of ether oxygens (including phenoxy) is 1. The van der Waals surface area contributed by atoms with Crippen LogP contribution in [0.15, 0.2) is 18.2 Å². The van der Waals surface area contributed by atoms with Crippen molar-refractivity contribution in [2.75, 3.05) is 38.5 Å². The highest BCUT2D eigenvalue weighted by Gasteiger charge is 2.29. The van der Waals surface area contributed by atoms with Gasteiger partial charge in [-0.05, 0) is 31.5 Å². The average Bonchev–Trinajstić information content (AvgIpc) is 2.58. The maximum absolute atomic E-state index is 12.9. The van der Waals surface area contributed by atoms with Crippen LogP contribution in [0.2, 0.25) is 0 Å². The van der Waals surface area contributed by atoms with E-state index in [-0.39, 0.29) is 17.7 Å². The molecule has 0 bridgehead atoms. The minimum Gasteiger partial charge on any atom is -0.492 e. The number of hydrogen-bond donors (Lipinski definition) is 1. The zero-order valence-corrected chi connectivity index (χ0v) is 14.7. The van der Waals surface area contributed by atoms with Crippen molar-refractivity contribution in [2.24, 2.45) is 0 Å². The van der Waals surface area contributed by atoms with Gasteiger partial charge in [-0.2, -0.15) is 0 Å². The molecule has 0 spiro atoms. The number of anilines is 1. The molecule has 24 heavy (non-hydrogen) atoms. The van der Waals surface area contributed by atoms with Gasteiger partial charge in [-0.15, -0.1) is 0 Å².